The van der Waals surface area contributed by atoms with Gasteiger partial charge in [0.15, 0.2) is 0 Å². The average Bonchev–Trinajstić information content (AvgIpc) is 2.31. The molecule has 0 heterocycles. The molecule has 2 nitrogen and oxygen atoms in total. The van der Waals surface area contributed by atoms with Crippen LogP contribution in [0.15, 0.2) is 11.8 Å². The summed E-state index contributed by atoms with van der Waals surface area (Å²) >= 11 is 0. The van der Waals surface area contributed by atoms with Crippen molar-refractivity contribution in [2.24, 2.45) is 0 Å². The van der Waals surface area contributed by atoms with Gasteiger partial charge in [0, 0.05) is 10.2 Å². The summed E-state index contributed by atoms with van der Waals surface area (Å²) in [6.45, 7) is 13.7. The lowest BCUT2D eigenvalue weighted by molar-refractivity contribution is 0.0509. The van der Waals surface area contributed by atoms with Gasteiger partial charge in [0.25, 0.3) is 0 Å². The van der Waals surface area contributed by atoms with E-state index in [0.717, 1.165) is 26.2 Å². The minimum atomic E-state index is 0.628. The number of hydrogen-bond acceptors (Lipinski definition) is 2. The monoisotopic (exact) mass is 242 g/mol. The Hall–Kier alpha value is -0.123. The van der Waals surface area contributed by atoms with Crippen LogP contribution in [0.1, 0.15) is 40.5 Å². The summed E-state index contributed by atoms with van der Waals surface area (Å²) in [5.74, 6) is 0. The van der Waals surface area contributed by atoms with Gasteiger partial charge in [-0.15, -0.1) is 5.70 Å². The third-order valence-electron chi connectivity index (χ3n) is 3.29. The highest BCUT2D eigenvalue weighted by molar-refractivity contribution is 6.16. The Morgan fingerprint density at radius 2 is 1.38 bits per heavy atom. The van der Waals surface area contributed by atoms with Crippen molar-refractivity contribution in [3.8, 4) is 0 Å². The highest BCUT2D eigenvalue weighted by Gasteiger charge is 2.19. The molecule has 0 aliphatic heterocycles. The van der Waals surface area contributed by atoms with E-state index in [2.05, 4.69) is 49.3 Å². The molecule has 0 unspecified atom stereocenters. The highest BCUT2D eigenvalue weighted by Crippen LogP contribution is 2.12. The van der Waals surface area contributed by atoms with E-state index >= 15 is 0 Å². The first-order valence-electron chi connectivity index (χ1n) is 6.84. The Morgan fingerprint density at radius 3 is 1.69 bits per heavy atom. The molecule has 0 saturated carbocycles. The molecule has 0 rings (SSSR count). The fraction of sp³-hybridized carbons (Fsp3) is 0.846. The average molecular weight is 242 g/mol. The van der Waals surface area contributed by atoms with Gasteiger partial charge in [-0.1, -0.05) is 33.8 Å². The molecule has 0 spiro atoms. The zero-order valence-electron chi connectivity index (χ0n) is 11.9. The predicted molar refractivity (Wildman–Crippen MR) is 77.9 cm³/mol. The second-order valence-electron chi connectivity index (χ2n) is 4.07. The summed E-state index contributed by atoms with van der Waals surface area (Å²) < 4.78 is 0. The molecule has 16 heavy (non-hydrogen) atoms. The lowest BCUT2D eigenvalue weighted by atomic mass is 10.2. The van der Waals surface area contributed by atoms with Crippen molar-refractivity contribution in [2.75, 3.05) is 26.2 Å². The van der Waals surface area contributed by atoms with Gasteiger partial charge in [-0.25, -0.2) is 0 Å². The van der Waals surface area contributed by atoms with Gasteiger partial charge >= 0.3 is 0 Å². The fourth-order valence-corrected chi connectivity index (χ4v) is 2.63. The molecule has 0 aromatic rings. The maximum Gasteiger partial charge on any atom is 0.0625 e. The van der Waals surface area contributed by atoms with Crippen molar-refractivity contribution in [3.63, 3.8) is 0 Å². The van der Waals surface area contributed by atoms with Gasteiger partial charge < -0.3 is 0 Å². The zero-order valence-corrected chi connectivity index (χ0v) is 13.9. The second kappa shape index (κ2) is 10.1. The molecule has 0 atom stereocenters. The maximum atomic E-state index is 2.58. The molecule has 0 radical (unpaired) electrons. The molecule has 0 N–H and O–H groups in total. The summed E-state index contributed by atoms with van der Waals surface area (Å²) in [7, 11) is 1.19. The minimum Gasteiger partial charge on any atom is -0.288 e. The SMILES string of the molecule is CCN(CC)C(CCC=C[SiH3])N(CC)CC. The molecule has 0 aliphatic rings. The topological polar surface area (TPSA) is 6.48 Å². The van der Waals surface area contributed by atoms with Crippen molar-refractivity contribution in [3.05, 3.63) is 11.8 Å². The minimum absolute atomic E-state index is 0.628. The lowest BCUT2D eigenvalue weighted by Gasteiger charge is -2.38. The molecule has 0 fully saturated rings. The number of rotatable bonds is 9. The van der Waals surface area contributed by atoms with E-state index in [1.54, 1.807) is 0 Å². The van der Waals surface area contributed by atoms with Gasteiger partial charge in [0.05, 0.1) is 6.17 Å². The molecule has 96 valence electrons. The smallest absolute Gasteiger partial charge is 0.0625 e. The van der Waals surface area contributed by atoms with E-state index in [0.29, 0.717) is 6.17 Å². The van der Waals surface area contributed by atoms with Crippen molar-refractivity contribution in [1.82, 2.24) is 9.80 Å². The van der Waals surface area contributed by atoms with Crippen LogP contribution in [0.3, 0.4) is 0 Å². The van der Waals surface area contributed by atoms with Crippen LogP contribution >= 0.6 is 0 Å². The second-order valence-corrected chi connectivity index (χ2v) is 4.74. The summed E-state index contributed by atoms with van der Waals surface area (Å²) in [5, 5.41) is 0. The third kappa shape index (κ3) is 5.28. The van der Waals surface area contributed by atoms with E-state index in [1.807, 2.05) is 0 Å². The van der Waals surface area contributed by atoms with E-state index in [-0.39, 0.29) is 0 Å². The summed E-state index contributed by atoms with van der Waals surface area (Å²) in [6.07, 6.45) is 5.46. The molecule has 0 amide bonds. The Bertz CT molecular complexity index is 163. The van der Waals surface area contributed by atoms with Crippen molar-refractivity contribution in [1.29, 1.82) is 0 Å². The molecule has 0 aliphatic carbocycles. The van der Waals surface area contributed by atoms with Crippen LogP contribution in [0.4, 0.5) is 0 Å². The number of nitrogens with zero attached hydrogens (tertiary/aromatic N) is 2. The summed E-state index contributed by atoms with van der Waals surface area (Å²) in [4.78, 5) is 5.15. The van der Waals surface area contributed by atoms with Crippen LogP contribution in [0, 0.1) is 0 Å². The lowest BCUT2D eigenvalue weighted by Crippen LogP contribution is -2.48. The van der Waals surface area contributed by atoms with E-state index in [9.17, 15) is 0 Å². The van der Waals surface area contributed by atoms with Crippen LogP contribution < -0.4 is 0 Å². The Labute approximate surface area is 105 Å². The van der Waals surface area contributed by atoms with Crippen LogP contribution in [0.25, 0.3) is 0 Å². The largest absolute Gasteiger partial charge is 0.288 e. The number of allylic oxidation sites excluding steroid dienone is 1. The summed E-state index contributed by atoms with van der Waals surface area (Å²) in [6, 6.07) is 0. The van der Waals surface area contributed by atoms with Gasteiger partial charge in [-0.05, 0) is 39.0 Å². The first kappa shape index (κ1) is 15.9. The van der Waals surface area contributed by atoms with Gasteiger partial charge in [0.2, 0.25) is 0 Å². The quantitative estimate of drug-likeness (QED) is 0.448. The molecule has 0 saturated heterocycles. The maximum absolute atomic E-state index is 2.58. The molecule has 0 aromatic carbocycles. The molecular formula is C13H30N2Si. The van der Waals surface area contributed by atoms with Crippen LogP contribution in [-0.4, -0.2) is 52.4 Å². The van der Waals surface area contributed by atoms with Crippen molar-refractivity contribution < 1.29 is 0 Å². The summed E-state index contributed by atoms with van der Waals surface area (Å²) in [5.41, 5.74) is 2.29. The third-order valence-corrected chi connectivity index (χ3v) is 3.77. The fourth-order valence-electron chi connectivity index (χ4n) is 2.30. The highest BCUT2D eigenvalue weighted by atomic mass is 28.1. The van der Waals surface area contributed by atoms with Crippen molar-refractivity contribution in [2.45, 2.75) is 46.7 Å². The van der Waals surface area contributed by atoms with Gasteiger partial charge in [-0.2, -0.15) is 0 Å². The molecular weight excluding hydrogens is 212 g/mol. The van der Waals surface area contributed by atoms with E-state index < -0.39 is 0 Å². The van der Waals surface area contributed by atoms with Gasteiger partial charge in [0.1, 0.15) is 0 Å². The Balaban J connectivity index is 4.45. The van der Waals surface area contributed by atoms with Crippen molar-refractivity contribution >= 4 is 10.2 Å². The standard InChI is InChI=1S/C13H30N2Si/c1-5-14(6-2)13(11-9-10-12-16)15(7-3)8-4/h10,12-13H,5-9,11H2,1-4,16H3. The Morgan fingerprint density at radius 1 is 0.938 bits per heavy atom. The number of hydrogen-bond donors (Lipinski definition) is 0. The van der Waals surface area contributed by atoms with Crippen LogP contribution in [0.2, 0.25) is 0 Å². The first-order valence-corrected chi connectivity index (χ1v) is 7.99. The normalized spacial score (nSPS) is 12.7. The zero-order chi connectivity index (χ0) is 12.4. The van der Waals surface area contributed by atoms with E-state index in [4.69, 9.17) is 0 Å². The first-order chi connectivity index (χ1) is 7.74. The van der Waals surface area contributed by atoms with Gasteiger partial charge in [-0.3, -0.25) is 9.80 Å². The molecule has 3 heteroatoms. The molecule has 0 aromatic heterocycles. The Kier molecular flexibility index (Phi) is 9.98. The predicted octanol–water partition coefficient (Wildman–Crippen LogP) is 1.66. The molecule has 0 bridgehead atoms. The van der Waals surface area contributed by atoms with E-state index in [1.165, 1.54) is 23.1 Å². The van der Waals surface area contributed by atoms with Crippen LogP contribution in [-0.2, 0) is 0 Å². The van der Waals surface area contributed by atoms with Crippen LogP contribution in [0.5, 0.6) is 0 Å².